The summed E-state index contributed by atoms with van der Waals surface area (Å²) in [6, 6.07) is 21.2. The molecule has 0 amide bonds. The first-order valence-corrected chi connectivity index (χ1v) is 10.6. The van der Waals surface area contributed by atoms with Gasteiger partial charge in [0.25, 0.3) is 0 Å². The smallest absolute Gasteiger partial charge is 0.162 e. The van der Waals surface area contributed by atoms with Gasteiger partial charge in [0.05, 0.1) is 32.1 Å². The van der Waals surface area contributed by atoms with Crippen LogP contribution in [0.15, 0.2) is 71.8 Å². The molecule has 1 aromatic heterocycles. The lowest BCUT2D eigenvalue weighted by Gasteiger charge is -2.11. The van der Waals surface area contributed by atoms with E-state index in [1.807, 2.05) is 80.6 Å². The van der Waals surface area contributed by atoms with Gasteiger partial charge in [-0.2, -0.15) is 5.10 Å². The molecule has 4 aromatic rings. The summed E-state index contributed by atoms with van der Waals surface area (Å²) in [7, 11) is 3.21. The number of methoxy groups -OCH3 is 2. The number of rotatable bonds is 8. The zero-order chi connectivity index (χ0) is 23.2. The van der Waals surface area contributed by atoms with Crippen molar-refractivity contribution in [2.45, 2.75) is 20.0 Å². The molecular weight excluding hydrogens is 416 g/mol. The molecule has 4 rings (SSSR count). The second kappa shape index (κ2) is 9.99. The normalized spacial score (nSPS) is 11.2. The maximum atomic E-state index is 5.74. The van der Waals surface area contributed by atoms with Gasteiger partial charge in [0.1, 0.15) is 5.75 Å². The van der Waals surface area contributed by atoms with Gasteiger partial charge >= 0.3 is 0 Å². The monoisotopic (exact) mass is 442 g/mol. The van der Waals surface area contributed by atoms with Crippen LogP contribution in [0, 0.1) is 0 Å². The van der Waals surface area contributed by atoms with E-state index in [1.165, 1.54) is 0 Å². The van der Waals surface area contributed by atoms with Gasteiger partial charge in [-0.25, -0.2) is 9.97 Å². The van der Waals surface area contributed by atoms with Crippen LogP contribution < -0.4 is 19.6 Å². The molecule has 1 N–H and O–H groups in total. The quantitative estimate of drug-likeness (QED) is 0.285. The second-order valence-corrected chi connectivity index (χ2v) is 7.59. The summed E-state index contributed by atoms with van der Waals surface area (Å²) < 4.78 is 16.4. The van der Waals surface area contributed by atoms with Gasteiger partial charge in [-0.05, 0) is 74.0 Å². The average Bonchev–Trinajstić information content (AvgIpc) is 2.84. The largest absolute Gasteiger partial charge is 0.493 e. The number of ether oxygens (including phenoxy) is 3. The predicted molar refractivity (Wildman–Crippen MR) is 132 cm³/mol. The van der Waals surface area contributed by atoms with Gasteiger partial charge in [0.15, 0.2) is 23.1 Å². The predicted octanol–water partition coefficient (Wildman–Crippen LogP) is 5.55. The summed E-state index contributed by atoms with van der Waals surface area (Å²) in [6.45, 7) is 4.00. The van der Waals surface area contributed by atoms with E-state index >= 15 is 0 Å². The fourth-order valence-corrected chi connectivity index (χ4v) is 3.35. The number of hydrogen-bond acceptors (Lipinski definition) is 7. The number of nitrogens with zero attached hydrogens (tertiary/aromatic N) is 3. The van der Waals surface area contributed by atoms with Crippen LogP contribution in [-0.2, 0) is 0 Å². The maximum Gasteiger partial charge on any atom is 0.162 e. The second-order valence-electron chi connectivity index (χ2n) is 7.59. The van der Waals surface area contributed by atoms with Gasteiger partial charge in [0.2, 0.25) is 0 Å². The van der Waals surface area contributed by atoms with Crippen LogP contribution >= 0.6 is 0 Å². The highest BCUT2D eigenvalue weighted by Crippen LogP contribution is 2.28. The molecule has 7 nitrogen and oxygen atoms in total. The number of para-hydroxylation sites is 1. The molecule has 7 heteroatoms. The number of aromatic nitrogens is 2. The van der Waals surface area contributed by atoms with Crippen LogP contribution in [0.2, 0.25) is 0 Å². The zero-order valence-corrected chi connectivity index (χ0v) is 19.1. The molecule has 0 radical (unpaired) electrons. The molecule has 33 heavy (non-hydrogen) atoms. The molecule has 3 aromatic carbocycles. The lowest BCUT2D eigenvalue weighted by molar-refractivity contribution is 0.242. The Labute approximate surface area is 193 Å². The third kappa shape index (κ3) is 5.20. The van der Waals surface area contributed by atoms with Crippen molar-refractivity contribution in [3.63, 3.8) is 0 Å². The molecule has 0 saturated carbocycles. The Bertz CT molecular complexity index is 1270. The van der Waals surface area contributed by atoms with Crippen molar-refractivity contribution in [1.29, 1.82) is 0 Å². The SMILES string of the molecule is COc1ccc(C=NNc2nc(-c3ccc(OC(C)C)cc3)nc3ccccc23)cc1OC. The fraction of sp³-hybridized carbons (Fsp3) is 0.192. The number of benzene rings is 3. The molecule has 0 aliphatic rings. The van der Waals surface area contributed by atoms with Gasteiger partial charge in [-0.3, -0.25) is 5.43 Å². The highest BCUT2D eigenvalue weighted by molar-refractivity contribution is 5.91. The Balaban J connectivity index is 1.63. The first-order chi connectivity index (χ1) is 16.1. The summed E-state index contributed by atoms with van der Waals surface area (Å²) in [5.41, 5.74) is 5.65. The maximum absolute atomic E-state index is 5.74. The minimum absolute atomic E-state index is 0.118. The molecule has 168 valence electrons. The van der Waals surface area contributed by atoms with Crippen molar-refractivity contribution in [3.8, 4) is 28.6 Å². The summed E-state index contributed by atoms with van der Waals surface area (Å²) in [5.74, 6) is 3.34. The van der Waals surface area contributed by atoms with Crippen molar-refractivity contribution in [3.05, 3.63) is 72.3 Å². The fourth-order valence-electron chi connectivity index (χ4n) is 3.35. The van der Waals surface area contributed by atoms with Crippen LogP contribution in [0.4, 0.5) is 5.82 Å². The molecule has 0 aliphatic carbocycles. The summed E-state index contributed by atoms with van der Waals surface area (Å²) in [6.07, 6.45) is 1.82. The lowest BCUT2D eigenvalue weighted by atomic mass is 10.1. The van der Waals surface area contributed by atoms with E-state index in [4.69, 9.17) is 24.2 Å². The summed E-state index contributed by atoms with van der Waals surface area (Å²) in [5, 5.41) is 5.27. The lowest BCUT2D eigenvalue weighted by Crippen LogP contribution is -2.05. The number of hydrogen-bond donors (Lipinski definition) is 1. The molecular formula is C26H26N4O3. The van der Waals surface area contributed by atoms with Gasteiger partial charge in [0, 0.05) is 10.9 Å². The van der Waals surface area contributed by atoms with Gasteiger partial charge in [-0.1, -0.05) is 12.1 Å². The zero-order valence-electron chi connectivity index (χ0n) is 19.1. The van der Waals surface area contributed by atoms with Crippen molar-refractivity contribution < 1.29 is 14.2 Å². The Kier molecular flexibility index (Phi) is 6.69. The molecule has 0 unspecified atom stereocenters. The van der Waals surface area contributed by atoms with E-state index in [9.17, 15) is 0 Å². The van der Waals surface area contributed by atoms with Crippen molar-refractivity contribution >= 4 is 22.9 Å². The van der Waals surface area contributed by atoms with Crippen molar-refractivity contribution in [1.82, 2.24) is 9.97 Å². The molecule has 0 fully saturated rings. The number of nitrogens with one attached hydrogen (secondary N) is 1. The van der Waals surface area contributed by atoms with Crippen LogP contribution in [-0.4, -0.2) is 36.5 Å². The molecule has 0 aliphatic heterocycles. The van der Waals surface area contributed by atoms with Crippen LogP contribution in [0.3, 0.4) is 0 Å². The Morgan fingerprint density at radius 2 is 1.64 bits per heavy atom. The average molecular weight is 443 g/mol. The minimum atomic E-state index is 0.118. The Morgan fingerprint density at radius 3 is 2.36 bits per heavy atom. The molecule has 0 atom stereocenters. The topological polar surface area (TPSA) is 77.9 Å². The van der Waals surface area contributed by atoms with Crippen LogP contribution in [0.5, 0.6) is 17.2 Å². The first kappa shape index (κ1) is 22.1. The molecule has 1 heterocycles. The Hall–Kier alpha value is -4.13. The highest BCUT2D eigenvalue weighted by atomic mass is 16.5. The molecule has 0 saturated heterocycles. The first-order valence-electron chi connectivity index (χ1n) is 10.6. The van der Waals surface area contributed by atoms with E-state index in [0.717, 1.165) is 27.8 Å². The highest BCUT2D eigenvalue weighted by Gasteiger charge is 2.10. The van der Waals surface area contributed by atoms with Gasteiger partial charge in [-0.15, -0.1) is 0 Å². The van der Waals surface area contributed by atoms with E-state index in [0.29, 0.717) is 23.1 Å². The van der Waals surface area contributed by atoms with Crippen LogP contribution in [0.25, 0.3) is 22.3 Å². The van der Waals surface area contributed by atoms with E-state index in [2.05, 4.69) is 10.5 Å². The van der Waals surface area contributed by atoms with Crippen LogP contribution in [0.1, 0.15) is 19.4 Å². The summed E-state index contributed by atoms with van der Waals surface area (Å²) in [4.78, 5) is 9.46. The number of fused-ring (bicyclic) bond motifs is 1. The minimum Gasteiger partial charge on any atom is -0.493 e. The third-order valence-electron chi connectivity index (χ3n) is 4.88. The van der Waals surface area contributed by atoms with Crippen molar-refractivity contribution in [2.75, 3.05) is 19.6 Å². The van der Waals surface area contributed by atoms with Crippen molar-refractivity contribution in [2.24, 2.45) is 5.10 Å². The van der Waals surface area contributed by atoms with E-state index < -0.39 is 0 Å². The van der Waals surface area contributed by atoms with E-state index in [1.54, 1.807) is 20.4 Å². The number of anilines is 1. The van der Waals surface area contributed by atoms with Gasteiger partial charge < -0.3 is 14.2 Å². The standard InChI is InChI=1S/C26H26N4O3/c1-17(2)33-20-12-10-19(11-13-20)25-28-22-8-6-5-7-21(22)26(29-25)30-27-16-18-9-14-23(31-3)24(15-18)32-4/h5-17H,1-4H3,(H,28,29,30). The molecule has 0 bridgehead atoms. The Morgan fingerprint density at radius 1 is 0.879 bits per heavy atom. The third-order valence-corrected chi connectivity index (χ3v) is 4.88. The van der Waals surface area contributed by atoms with E-state index in [-0.39, 0.29) is 6.10 Å². The molecule has 0 spiro atoms. The number of hydrazone groups is 1. The summed E-state index contributed by atoms with van der Waals surface area (Å²) >= 11 is 0.